The molecule has 0 fully saturated rings. The first-order valence-corrected chi connectivity index (χ1v) is 6.70. The van der Waals surface area contributed by atoms with Crippen LogP contribution in [0, 0.1) is 0 Å². The van der Waals surface area contributed by atoms with Crippen LogP contribution < -0.4 is 0 Å². The van der Waals surface area contributed by atoms with Crippen LogP contribution in [0.2, 0.25) is 0 Å². The Morgan fingerprint density at radius 3 is 3.16 bits per heavy atom. The molecule has 0 aliphatic heterocycles. The van der Waals surface area contributed by atoms with E-state index in [9.17, 15) is 9.90 Å². The molecule has 0 saturated heterocycles. The highest BCUT2D eigenvalue weighted by Crippen LogP contribution is 2.35. The summed E-state index contributed by atoms with van der Waals surface area (Å²) in [5, 5.41) is 11.1. The molecule has 1 aliphatic carbocycles. The third kappa shape index (κ3) is 2.02. The molecular formula is C15H17NO3. The predicted octanol–water partition coefficient (Wildman–Crippen LogP) is 2.71. The van der Waals surface area contributed by atoms with Crippen molar-refractivity contribution in [1.82, 2.24) is 4.98 Å². The fourth-order valence-electron chi connectivity index (χ4n) is 2.80. The second-order valence-electron chi connectivity index (χ2n) is 4.91. The number of aromatic nitrogens is 1. The zero-order valence-corrected chi connectivity index (χ0v) is 10.9. The second kappa shape index (κ2) is 4.70. The van der Waals surface area contributed by atoms with Crippen LogP contribution in [-0.2, 0) is 11.2 Å². The summed E-state index contributed by atoms with van der Waals surface area (Å²) >= 11 is 0. The summed E-state index contributed by atoms with van der Waals surface area (Å²) in [6, 6.07) is 5.46. The molecule has 4 nitrogen and oxygen atoms in total. The summed E-state index contributed by atoms with van der Waals surface area (Å²) in [7, 11) is 0. The molecule has 0 saturated carbocycles. The molecule has 100 valence electrons. The van der Waals surface area contributed by atoms with Gasteiger partial charge in [-0.3, -0.25) is 0 Å². The Labute approximate surface area is 111 Å². The zero-order valence-electron chi connectivity index (χ0n) is 10.9. The number of ether oxygens (including phenoxy) is 1. The van der Waals surface area contributed by atoms with Crippen molar-refractivity contribution in [2.24, 2.45) is 0 Å². The van der Waals surface area contributed by atoms with Crippen molar-refractivity contribution in [3.05, 3.63) is 35.0 Å². The molecule has 4 heteroatoms. The lowest BCUT2D eigenvalue weighted by molar-refractivity contribution is 0.0526. The van der Waals surface area contributed by atoms with Crippen LogP contribution in [-0.4, -0.2) is 22.7 Å². The van der Waals surface area contributed by atoms with Gasteiger partial charge in [0.15, 0.2) is 0 Å². The fourth-order valence-corrected chi connectivity index (χ4v) is 2.80. The van der Waals surface area contributed by atoms with Gasteiger partial charge in [-0.05, 0) is 44.4 Å². The van der Waals surface area contributed by atoms with E-state index in [0.717, 1.165) is 41.4 Å². The summed E-state index contributed by atoms with van der Waals surface area (Å²) in [5.74, 6) is -0.315. The molecule has 1 aromatic heterocycles. The summed E-state index contributed by atoms with van der Waals surface area (Å²) in [6.07, 6.45) is 2.29. The summed E-state index contributed by atoms with van der Waals surface area (Å²) in [5.41, 5.74) is 3.55. The molecule has 1 atom stereocenters. The number of rotatable bonds is 2. The van der Waals surface area contributed by atoms with Crippen molar-refractivity contribution < 1.29 is 14.6 Å². The number of benzene rings is 1. The van der Waals surface area contributed by atoms with Crippen molar-refractivity contribution in [2.75, 3.05) is 6.61 Å². The van der Waals surface area contributed by atoms with Crippen LogP contribution >= 0.6 is 0 Å². The Hall–Kier alpha value is -1.81. The number of hydrogen-bond donors (Lipinski definition) is 2. The number of esters is 1. The number of fused-ring (bicyclic) bond motifs is 3. The minimum absolute atomic E-state index is 0.315. The van der Waals surface area contributed by atoms with Gasteiger partial charge in [0.1, 0.15) is 0 Å². The van der Waals surface area contributed by atoms with E-state index in [2.05, 4.69) is 4.98 Å². The minimum atomic E-state index is -0.435. The molecule has 1 aromatic carbocycles. The van der Waals surface area contributed by atoms with Gasteiger partial charge in [-0.1, -0.05) is 0 Å². The number of aliphatic hydroxyl groups is 1. The molecule has 19 heavy (non-hydrogen) atoms. The maximum atomic E-state index is 11.8. The predicted molar refractivity (Wildman–Crippen MR) is 72.2 cm³/mol. The van der Waals surface area contributed by atoms with Gasteiger partial charge in [0.2, 0.25) is 0 Å². The van der Waals surface area contributed by atoms with Crippen molar-refractivity contribution >= 4 is 16.9 Å². The minimum Gasteiger partial charge on any atom is -0.462 e. The normalized spacial score (nSPS) is 18.3. The molecule has 3 rings (SSSR count). The van der Waals surface area contributed by atoms with Gasteiger partial charge in [0.25, 0.3) is 0 Å². The van der Waals surface area contributed by atoms with Crippen molar-refractivity contribution in [3.8, 4) is 0 Å². The van der Waals surface area contributed by atoms with E-state index in [1.165, 1.54) is 0 Å². The average Bonchev–Trinajstić information content (AvgIpc) is 2.77. The van der Waals surface area contributed by atoms with E-state index in [1.807, 2.05) is 12.1 Å². The van der Waals surface area contributed by atoms with E-state index < -0.39 is 6.10 Å². The molecular weight excluding hydrogens is 242 g/mol. The molecule has 0 amide bonds. The molecule has 1 heterocycles. The Kier molecular flexibility index (Phi) is 3.03. The summed E-state index contributed by atoms with van der Waals surface area (Å²) in [4.78, 5) is 15.1. The van der Waals surface area contributed by atoms with Gasteiger partial charge < -0.3 is 14.8 Å². The highest BCUT2D eigenvalue weighted by atomic mass is 16.5. The van der Waals surface area contributed by atoms with Crippen molar-refractivity contribution in [2.45, 2.75) is 32.3 Å². The lowest BCUT2D eigenvalue weighted by Gasteiger charge is -2.17. The number of nitrogens with one attached hydrogen (secondary N) is 1. The number of aryl methyl sites for hydroxylation is 1. The average molecular weight is 259 g/mol. The van der Waals surface area contributed by atoms with E-state index in [1.54, 1.807) is 13.0 Å². The van der Waals surface area contributed by atoms with E-state index in [0.29, 0.717) is 12.2 Å². The maximum Gasteiger partial charge on any atom is 0.338 e. The van der Waals surface area contributed by atoms with Crippen LogP contribution in [0.5, 0.6) is 0 Å². The molecule has 0 radical (unpaired) electrons. The Morgan fingerprint density at radius 2 is 2.37 bits per heavy atom. The number of carbonyl (C=O) groups is 1. The van der Waals surface area contributed by atoms with Crippen LogP contribution in [0.1, 0.15) is 47.5 Å². The molecule has 1 aliphatic rings. The van der Waals surface area contributed by atoms with Crippen LogP contribution in [0.4, 0.5) is 0 Å². The Balaban J connectivity index is 2.11. The number of carbonyl (C=O) groups excluding carboxylic acids is 1. The third-order valence-corrected chi connectivity index (χ3v) is 3.67. The molecule has 2 N–H and O–H groups in total. The Bertz CT molecular complexity index is 630. The topological polar surface area (TPSA) is 62.3 Å². The van der Waals surface area contributed by atoms with E-state index in [-0.39, 0.29) is 5.97 Å². The molecule has 2 aromatic rings. The van der Waals surface area contributed by atoms with E-state index in [4.69, 9.17) is 4.74 Å². The number of H-pyrrole nitrogens is 1. The fraction of sp³-hybridized carbons (Fsp3) is 0.400. The molecule has 0 spiro atoms. The second-order valence-corrected chi connectivity index (χ2v) is 4.91. The van der Waals surface area contributed by atoms with Crippen molar-refractivity contribution in [1.29, 1.82) is 0 Å². The first-order valence-electron chi connectivity index (χ1n) is 6.70. The standard InChI is InChI=1S/C15H17NO3/c1-2-19-15(18)9-6-7-11-10(8-9)14-12(16-11)4-3-5-13(14)17/h6-8,13,16-17H,2-5H2,1H3. The monoisotopic (exact) mass is 259 g/mol. The highest BCUT2D eigenvalue weighted by molar-refractivity contribution is 5.96. The number of aromatic amines is 1. The first-order chi connectivity index (χ1) is 9.20. The summed E-state index contributed by atoms with van der Waals surface area (Å²) < 4.78 is 5.01. The SMILES string of the molecule is CCOC(=O)c1ccc2[nH]c3c(c2c1)C(O)CCC3. The zero-order chi connectivity index (χ0) is 13.4. The smallest absolute Gasteiger partial charge is 0.338 e. The van der Waals surface area contributed by atoms with Crippen LogP contribution in [0.15, 0.2) is 18.2 Å². The number of aliphatic hydroxyl groups excluding tert-OH is 1. The van der Waals surface area contributed by atoms with Gasteiger partial charge in [0.05, 0.1) is 18.3 Å². The largest absolute Gasteiger partial charge is 0.462 e. The van der Waals surface area contributed by atoms with Crippen LogP contribution in [0.3, 0.4) is 0 Å². The first kappa shape index (κ1) is 12.2. The van der Waals surface area contributed by atoms with E-state index >= 15 is 0 Å². The van der Waals surface area contributed by atoms with Crippen LogP contribution in [0.25, 0.3) is 10.9 Å². The lowest BCUT2D eigenvalue weighted by Crippen LogP contribution is -2.08. The van der Waals surface area contributed by atoms with Gasteiger partial charge in [-0.25, -0.2) is 4.79 Å². The van der Waals surface area contributed by atoms with Gasteiger partial charge in [-0.15, -0.1) is 0 Å². The molecule has 0 bridgehead atoms. The van der Waals surface area contributed by atoms with Crippen molar-refractivity contribution in [3.63, 3.8) is 0 Å². The third-order valence-electron chi connectivity index (χ3n) is 3.67. The van der Waals surface area contributed by atoms with Gasteiger partial charge in [-0.2, -0.15) is 0 Å². The number of hydrogen-bond acceptors (Lipinski definition) is 3. The lowest BCUT2D eigenvalue weighted by atomic mass is 9.92. The highest BCUT2D eigenvalue weighted by Gasteiger charge is 2.23. The quantitative estimate of drug-likeness (QED) is 0.815. The van der Waals surface area contributed by atoms with Gasteiger partial charge >= 0.3 is 5.97 Å². The molecule has 1 unspecified atom stereocenters. The maximum absolute atomic E-state index is 11.8. The van der Waals surface area contributed by atoms with Gasteiger partial charge in [0, 0.05) is 22.2 Å². The Morgan fingerprint density at radius 1 is 1.53 bits per heavy atom. The summed E-state index contributed by atoms with van der Waals surface area (Å²) in [6.45, 7) is 2.16.